The molecule has 1 aliphatic carbocycles. The summed E-state index contributed by atoms with van der Waals surface area (Å²) in [6.07, 6.45) is 3.71. The summed E-state index contributed by atoms with van der Waals surface area (Å²) in [5, 5.41) is 11.3. The molecule has 0 bridgehead atoms. The minimum absolute atomic E-state index is 0.262. The van der Waals surface area contributed by atoms with Gasteiger partial charge in [0.05, 0.1) is 0 Å². The molecule has 0 spiro atoms. The largest absolute Gasteiger partial charge is 0.296 e. The van der Waals surface area contributed by atoms with E-state index in [9.17, 15) is 5.21 Å². The van der Waals surface area contributed by atoms with Crippen molar-refractivity contribution in [1.29, 1.82) is 0 Å². The maximum absolute atomic E-state index is 9.43. The average molecular weight is 271 g/mol. The van der Waals surface area contributed by atoms with Crippen molar-refractivity contribution in [3.63, 3.8) is 0 Å². The molecule has 6 heteroatoms. The molecule has 0 fully saturated rings. The summed E-state index contributed by atoms with van der Waals surface area (Å²) in [6, 6.07) is 0. The fourth-order valence-electron chi connectivity index (χ4n) is 2.47. The Bertz CT molecular complexity index is 415. The average Bonchev–Trinajstić information content (AvgIpc) is 2.61. The van der Waals surface area contributed by atoms with Gasteiger partial charge in [-0.2, -0.15) is 5.17 Å². The SMILES string of the molecule is C/N=C\C1=C(S)C2C(=C(N(N)O)SC2C)CC1. The summed E-state index contributed by atoms with van der Waals surface area (Å²) in [5.41, 5.74) is 2.39. The Balaban J connectivity index is 2.40. The number of thiol groups is 1. The second-order valence-electron chi connectivity index (χ2n) is 4.27. The zero-order valence-electron chi connectivity index (χ0n) is 9.92. The molecule has 0 amide bonds. The summed E-state index contributed by atoms with van der Waals surface area (Å²) >= 11 is 6.24. The van der Waals surface area contributed by atoms with Gasteiger partial charge in [-0.3, -0.25) is 10.2 Å². The van der Waals surface area contributed by atoms with Crippen LogP contribution in [-0.2, 0) is 0 Å². The first-order valence-electron chi connectivity index (χ1n) is 5.53. The molecular formula is C11H17N3OS2. The third kappa shape index (κ3) is 2.27. The molecule has 17 heavy (non-hydrogen) atoms. The van der Waals surface area contributed by atoms with Crippen LogP contribution in [-0.4, -0.2) is 28.9 Å². The number of hydroxylamine groups is 1. The molecule has 2 atom stereocenters. The standard InChI is InChI=1S/C11H17N3OS2/c1-6-9-8(11(17-6)14(12)15)4-3-7(5-13-2)10(9)16/h5-6,9,15-16H,3-4,12H2,1-2H3/b13-5-. The van der Waals surface area contributed by atoms with Crippen LogP contribution in [0.25, 0.3) is 0 Å². The summed E-state index contributed by atoms with van der Waals surface area (Å²) in [5.74, 6) is 5.71. The molecule has 0 saturated heterocycles. The highest BCUT2D eigenvalue weighted by molar-refractivity contribution is 8.03. The van der Waals surface area contributed by atoms with Crippen molar-refractivity contribution >= 4 is 30.6 Å². The van der Waals surface area contributed by atoms with E-state index in [1.54, 1.807) is 18.8 Å². The first-order chi connectivity index (χ1) is 8.06. The van der Waals surface area contributed by atoms with Gasteiger partial charge >= 0.3 is 0 Å². The number of hydrogen-bond donors (Lipinski definition) is 3. The van der Waals surface area contributed by atoms with E-state index in [4.69, 9.17) is 5.84 Å². The number of aliphatic imine (C=N–C) groups is 1. The van der Waals surface area contributed by atoms with E-state index in [-0.39, 0.29) is 5.92 Å². The molecule has 3 N–H and O–H groups in total. The van der Waals surface area contributed by atoms with E-state index in [2.05, 4.69) is 24.5 Å². The Morgan fingerprint density at radius 3 is 2.88 bits per heavy atom. The van der Waals surface area contributed by atoms with Gasteiger partial charge in [0.15, 0.2) is 0 Å². The first-order valence-corrected chi connectivity index (χ1v) is 6.86. The highest BCUT2D eigenvalue weighted by Gasteiger charge is 2.38. The number of hydrazine groups is 1. The highest BCUT2D eigenvalue weighted by atomic mass is 32.2. The van der Waals surface area contributed by atoms with Crippen molar-refractivity contribution in [1.82, 2.24) is 5.17 Å². The molecule has 0 radical (unpaired) electrons. The molecule has 2 rings (SSSR count). The van der Waals surface area contributed by atoms with Crippen molar-refractivity contribution in [3.8, 4) is 0 Å². The summed E-state index contributed by atoms with van der Waals surface area (Å²) in [7, 11) is 1.77. The molecule has 2 unspecified atom stereocenters. The van der Waals surface area contributed by atoms with Crippen LogP contribution in [0.4, 0.5) is 0 Å². The number of hydrogen-bond acceptors (Lipinski definition) is 6. The van der Waals surface area contributed by atoms with Crippen LogP contribution in [0.2, 0.25) is 0 Å². The predicted octanol–water partition coefficient (Wildman–Crippen LogP) is 2.19. The van der Waals surface area contributed by atoms with Gasteiger partial charge in [-0.05, 0) is 28.9 Å². The van der Waals surface area contributed by atoms with Crippen LogP contribution in [0.3, 0.4) is 0 Å². The van der Waals surface area contributed by atoms with Gasteiger partial charge in [-0.25, -0.2) is 5.84 Å². The van der Waals surface area contributed by atoms with Crippen LogP contribution < -0.4 is 5.84 Å². The Labute approximate surface area is 111 Å². The maximum atomic E-state index is 9.43. The third-order valence-corrected chi connectivity index (χ3v) is 5.08. The van der Waals surface area contributed by atoms with E-state index in [1.807, 2.05) is 6.21 Å². The second-order valence-corrected chi connectivity index (χ2v) is 6.12. The van der Waals surface area contributed by atoms with Gasteiger partial charge in [-0.15, -0.1) is 24.4 Å². The molecule has 2 aliphatic rings. The number of nitrogens with two attached hydrogens (primary N) is 1. The fourth-order valence-corrected chi connectivity index (χ4v) is 4.40. The van der Waals surface area contributed by atoms with Crippen LogP contribution in [0.1, 0.15) is 19.8 Å². The molecule has 4 nitrogen and oxygen atoms in total. The van der Waals surface area contributed by atoms with E-state index in [1.165, 1.54) is 11.1 Å². The zero-order chi connectivity index (χ0) is 12.6. The summed E-state index contributed by atoms with van der Waals surface area (Å²) < 4.78 is 0. The molecule has 1 aliphatic heterocycles. The number of rotatable bonds is 2. The molecule has 0 saturated carbocycles. The van der Waals surface area contributed by atoms with Gasteiger partial charge < -0.3 is 0 Å². The van der Waals surface area contributed by atoms with Gasteiger partial charge in [0.25, 0.3) is 0 Å². The van der Waals surface area contributed by atoms with Crippen molar-refractivity contribution in [2.24, 2.45) is 16.8 Å². The Morgan fingerprint density at radius 2 is 2.29 bits per heavy atom. The zero-order valence-corrected chi connectivity index (χ0v) is 11.6. The molecule has 94 valence electrons. The monoisotopic (exact) mass is 271 g/mol. The van der Waals surface area contributed by atoms with Crippen molar-refractivity contribution < 1.29 is 5.21 Å². The lowest BCUT2D eigenvalue weighted by Gasteiger charge is -2.26. The van der Waals surface area contributed by atoms with Crippen LogP contribution in [0, 0.1) is 5.92 Å². The molecule has 0 aromatic rings. The van der Waals surface area contributed by atoms with Crippen molar-refractivity contribution in [2.75, 3.05) is 7.05 Å². The number of allylic oxidation sites excluding steroid dienone is 3. The lowest BCUT2D eigenvalue weighted by atomic mass is 9.84. The van der Waals surface area contributed by atoms with Gasteiger partial charge in [0, 0.05) is 24.4 Å². The van der Waals surface area contributed by atoms with Gasteiger partial charge in [-0.1, -0.05) is 6.92 Å². The molecule has 1 heterocycles. The van der Waals surface area contributed by atoms with E-state index >= 15 is 0 Å². The lowest BCUT2D eigenvalue weighted by molar-refractivity contribution is -0.0479. The number of nitrogens with zero attached hydrogens (tertiary/aromatic N) is 2. The molecule has 0 aromatic heterocycles. The number of fused-ring (bicyclic) bond motifs is 1. The minimum atomic E-state index is 0.262. The van der Waals surface area contributed by atoms with Gasteiger partial charge in [0.1, 0.15) is 5.03 Å². The Morgan fingerprint density at radius 1 is 1.59 bits per heavy atom. The highest BCUT2D eigenvalue weighted by Crippen LogP contribution is 2.51. The lowest BCUT2D eigenvalue weighted by Crippen LogP contribution is -2.25. The summed E-state index contributed by atoms with van der Waals surface area (Å²) in [4.78, 5) is 5.13. The second kappa shape index (κ2) is 5.06. The van der Waals surface area contributed by atoms with Crippen LogP contribution in [0.5, 0.6) is 0 Å². The quantitative estimate of drug-likeness (QED) is 0.312. The van der Waals surface area contributed by atoms with E-state index in [0.29, 0.717) is 5.25 Å². The smallest absolute Gasteiger partial charge is 0.115 e. The normalized spacial score (nSPS) is 29.2. The van der Waals surface area contributed by atoms with Crippen molar-refractivity contribution in [3.05, 3.63) is 21.1 Å². The summed E-state index contributed by atoms with van der Waals surface area (Å²) in [6.45, 7) is 2.13. The Kier molecular flexibility index (Phi) is 3.87. The third-order valence-electron chi connectivity index (χ3n) is 3.20. The van der Waals surface area contributed by atoms with Gasteiger partial charge in [0.2, 0.25) is 0 Å². The van der Waals surface area contributed by atoms with E-state index < -0.39 is 0 Å². The number of thioether (sulfide) groups is 1. The first kappa shape index (κ1) is 13.0. The van der Waals surface area contributed by atoms with Crippen molar-refractivity contribution in [2.45, 2.75) is 25.0 Å². The van der Waals surface area contributed by atoms with Crippen LogP contribution in [0.15, 0.2) is 26.1 Å². The predicted molar refractivity (Wildman–Crippen MR) is 75.0 cm³/mol. The topological polar surface area (TPSA) is 61.8 Å². The Hall–Kier alpha value is -0.430. The molecule has 0 aromatic carbocycles. The molecular weight excluding hydrogens is 254 g/mol. The maximum Gasteiger partial charge on any atom is 0.115 e. The van der Waals surface area contributed by atoms with Crippen LogP contribution >= 0.6 is 24.4 Å². The fraction of sp³-hybridized carbons (Fsp3) is 0.545. The minimum Gasteiger partial charge on any atom is -0.296 e. The van der Waals surface area contributed by atoms with E-state index in [0.717, 1.165) is 27.9 Å².